The van der Waals surface area contributed by atoms with Crippen molar-refractivity contribution in [2.75, 3.05) is 0 Å². The smallest absolute Gasteiger partial charge is 0.285 e. The van der Waals surface area contributed by atoms with Crippen LogP contribution in [0.25, 0.3) is 5.83 Å². The molecule has 0 saturated heterocycles. The fourth-order valence-corrected chi connectivity index (χ4v) is 4.03. The van der Waals surface area contributed by atoms with Gasteiger partial charge in [0.25, 0.3) is 0 Å². The molecule has 0 aliphatic carbocycles. The summed E-state index contributed by atoms with van der Waals surface area (Å²) < 4.78 is 85.4. The van der Waals surface area contributed by atoms with Gasteiger partial charge in [0.2, 0.25) is 11.6 Å². The molecule has 1 atom stereocenters. The second-order valence-electron chi connectivity index (χ2n) is 8.67. The van der Waals surface area contributed by atoms with Crippen molar-refractivity contribution in [1.82, 2.24) is 9.97 Å². The van der Waals surface area contributed by atoms with Crippen LogP contribution < -0.4 is 5.73 Å². The Hall–Kier alpha value is -3.24. The van der Waals surface area contributed by atoms with Gasteiger partial charge >= 0.3 is 12.2 Å². The molecular weight excluding hydrogens is 520 g/mol. The van der Waals surface area contributed by atoms with Crippen LogP contribution in [0.1, 0.15) is 61.3 Å². The third kappa shape index (κ3) is 6.37. The van der Waals surface area contributed by atoms with Crippen molar-refractivity contribution in [3.63, 3.8) is 0 Å². The summed E-state index contributed by atoms with van der Waals surface area (Å²) in [6.07, 6.45) is -4.65. The van der Waals surface area contributed by atoms with Crippen LogP contribution >= 0.6 is 11.6 Å². The maximum Gasteiger partial charge on any atom is 0.399 e. The van der Waals surface area contributed by atoms with E-state index in [2.05, 4.69) is 9.97 Å². The molecule has 0 saturated carbocycles. The van der Waals surface area contributed by atoms with Crippen LogP contribution in [0.4, 0.5) is 26.3 Å². The number of benzene rings is 2. The van der Waals surface area contributed by atoms with Gasteiger partial charge in [-0.2, -0.15) is 22.0 Å². The van der Waals surface area contributed by atoms with Crippen LogP contribution in [-0.2, 0) is 6.05 Å². The molecule has 0 bridgehead atoms. The summed E-state index contributed by atoms with van der Waals surface area (Å²) in [6, 6.07) is 2.08. The fraction of sp³-hybridized carbons (Fsp3) is 0.269. The van der Waals surface area contributed by atoms with E-state index in [1.165, 1.54) is 6.07 Å². The number of nitrogens with zero attached hydrogens (tertiary/aromatic N) is 2. The quantitative estimate of drug-likeness (QED) is 0.203. The highest BCUT2D eigenvalue weighted by atomic mass is 35.5. The molecule has 1 aromatic heterocycles. The highest BCUT2D eigenvalue weighted by Crippen LogP contribution is 2.40. The Morgan fingerprint density at radius 1 is 0.973 bits per heavy atom. The lowest BCUT2D eigenvalue weighted by Gasteiger charge is -2.20. The van der Waals surface area contributed by atoms with E-state index in [-0.39, 0.29) is 22.5 Å². The highest BCUT2D eigenvalue weighted by molar-refractivity contribution is 6.31. The van der Waals surface area contributed by atoms with E-state index in [1.807, 2.05) is 0 Å². The van der Waals surface area contributed by atoms with Gasteiger partial charge in [0.15, 0.2) is 0 Å². The first-order valence-electron chi connectivity index (χ1n) is 10.9. The Labute approximate surface area is 214 Å². The fourth-order valence-electron chi connectivity index (χ4n) is 3.76. The molecule has 3 rings (SSSR count). The van der Waals surface area contributed by atoms with Gasteiger partial charge < -0.3 is 0 Å². The molecule has 3 aromatic rings. The van der Waals surface area contributed by atoms with Crippen LogP contribution in [0.3, 0.4) is 0 Å². The molecule has 1 heterocycles. The summed E-state index contributed by atoms with van der Waals surface area (Å²) in [5.74, 6) is -5.24. The van der Waals surface area contributed by atoms with E-state index in [1.54, 1.807) is 33.8 Å². The number of halogens is 7. The largest absolute Gasteiger partial charge is 0.399 e. The molecule has 196 valence electrons. The number of hydrogen-bond acceptors (Lipinski definition) is 4. The first-order valence-corrected chi connectivity index (χ1v) is 11.3. The predicted octanol–water partition coefficient (Wildman–Crippen LogP) is 7.26. The van der Waals surface area contributed by atoms with E-state index in [0.717, 1.165) is 18.2 Å². The number of aromatic nitrogens is 2. The summed E-state index contributed by atoms with van der Waals surface area (Å²) >= 11 is 6.03. The van der Waals surface area contributed by atoms with E-state index < -0.39 is 46.4 Å². The summed E-state index contributed by atoms with van der Waals surface area (Å²) in [6.45, 7) is 6.34. The van der Waals surface area contributed by atoms with Gasteiger partial charge in [0.1, 0.15) is 11.7 Å². The molecule has 0 fully saturated rings. The normalized spacial score (nSPS) is 13.6. The zero-order valence-corrected chi connectivity index (χ0v) is 20.9. The van der Waals surface area contributed by atoms with Crippen molar-refractivity contribution in [3.05, 3.63) is 98.1 Å². The van der Waals surface area contributed by atoms with Crippen molar-refractivity contribution in [2.24, 2.45) is 5.73 Å². The topological polar surface area (TPSA) is 68.9 Å². The van der Waals surface area contributed by atoms with Gasteiger partial charge in [-0.05, 0) is 74.7 Å². The Morgan fingerprint density at radius 3 is 2.08 bits per heavy atom. The van der Waals surface area contributed by atoms with Gasteiger partial charge in [0.05, 0.1) is 0 Å². The second kappa shape index (κ2) is 10.3. The van der Waals surface area contributed by atoms with E-state index in [0.29, 0.717) is 28.6 Å². The third-order valence-electron chi connectivity index (χ3n) is 5.74. The predicted molar refractivity (Wildman–Crippen MR) is 128 cm³/mol. The molecule has 37 heavy (non-hydrogen) atoms. The number of nitrogens with two attached hydrogens (primary N) is 1. The van der Waals surface area contributed by atoms with Crippen molar-refractivity contribution in [2.45, 2.75) is 45.8 Å². The maximum atomic E-state index is 15.1. The summed E-state index contributed by atoms with van der Waals surface area (Å²) in [4.78, 5) is 20.8. The van der Waals surface area contributed by atoms with E-state index in [4.69, 9.17) is 17.3 Å². The minimum absolute atomic E-state index is 0.0691. The number of carbonyl (C=O) groups is 1. The van der Waals surface area contributed by atoms with Gasteiger partial charge in [-0.25, -0.2) is 14.4 Å². The maximum absolute atomic E-state index is 15.1. The number of allylic oxidation sites excluding steroid dienone is 1. The van der Waals surface area contributed by atoms with Crippen LogP contribution in [0.2, 0.25) is 5.02 Å². The van der Waals surface area contributed by atoms with E-state index >= 15 is 4.39 Å². The van der Waals surface area contributed by atoms with Crippen molar-refractivity contribution in [3.8, 4) is 0 Å². The zero-order chi connectivity index (χ0) is 27.9. The molecule has 0 aliphatic heterocycles. The molecule has 1 unspecified atom stereocenters. The third-order valence-corrected chi connectivity index (χ3v) is 6.13. The lowest BCUT2D eigenvalue weighted by Crippen LogP contribution is -2.28. The van der Waals surface area contributed by atoms with Crippen LogP contribution in [0.15, 0.2) is 42.5 Å². The number of aryl methyl sites for hydroxylation is 3. The number of alkyl halides is 5. The monoisotopic (exact) mass is 541 g/mol. The molecule has 0 aliphatic rings. The molecule has 2 N–H and O–H groups in total. The first kappa shape index (κ1) is 28.3. The molecule has 0 spiro atoms. The molecule has 11 heteroatoms. The number of carbonyl (C=O) groups excluding carboxylic acids is 1. The summed E-state index contributed by atoms with van der Waals surface area (Å²) in [5.41, 5.74) is 4.16. The molecule has 4 nitrogen and oxygen atoms in total. The van der Waals surface area contributed by atoms with Crippen LogP contribution in [-0.4, -0.2) is 21.9 Å². The number of hydrogen-bond donors (Lipinski definition) is 1. The van der Waals surface area contributed by atoms with Crippen molar-refractivity contribution >= 4 is 23.2 Å². The van der Waals surface area contributed by atoms with Crippen LogP contribution in [0.5, 0.6) is 0 Å². The first-order chi connectivity index (χ1) is 17.0. The average Bonchev–Trinajstić information content (AvgIpc) is 2.77. The Balaban J connectivity index is 2.12. The number of rotatable bonds is 6. The van der Waals surface area contributed by atoms with Gasteiger partial charge in [0, 0.05) is 33.1 Å². The summed E-state index contributed by atoms with van der Waals surface area (Å²) in [7, 11) is 0. The van der Waals surface area contributed by atoms with Crippen molar-refractivity contribution < 1.29 is 31.1 Å². The Morgan fingerprint density at radius 2 is 1.57 bits per heavy atom. The number of ketones is 1. The summed E-state index contributed by atoms with van der Waals surface area (Å²) in [5, 5.41) is 0.0691. The average molecular weight is 542 g/mol. The van der Waals surface area contributed by atoms with Crippen molar-refractivity contribution in [1.29, 1.82) is 0 Å². The molecule has 2 aromatic carbocycles. The molecule has 0 amide bonds. The molecule has 0 radical (unpaired) electrons. The van der Waals surface area contributed by atoms with E-state index in [9.17, 15) is 26.7 Å². The zero-order valence-electron chi connectivity index (χ0n) is 20.1. The Kier molecular flexibility index (Phi) is 7.85. The minimum atomic E-state index is -4.92. The lowest BCUT2D eigenvalue weighted by molar-refractivity contribution is -0.139. The standard InChI is InChI=1S/C26H22ClF6N3O/c1-12-7-17(10-21(27)15(12)4)19(25(29,30)31)11-22(28)16-5-6-18(20(9-16)26(32,33)34)23(37)24-35-13(2)8-14(3)36-24/h5-11,19H,34H2,1-4H3/b22-11-. The SMILES string of the molecule is Cc1cc(C)nc(C(=O)c2ccc(/C(F)=C/C(c3cc(C)c(C)c(Cl)c3)C(F)(F)F)cc2C(N)(F)F)n1. The lowest BCUT2D eigenvalue weighted by atomic mass is 9.92. The second-order valence-corrected chi connectivity index (χ2v) is 9.07. The van der Waals surface area contributed by atoms with Crippen LogP contribution in [0, 0.1) is 27.7 Å². The molecular formula is C26H22ClF6N3O. The van der Waals surface area contributed by atoms with Gasteiger partial charge in [-0.3, -0.25) is 10.5 Å². The van der Waals surface area contributed by atoms with Gasteiger partial charge in [-0.1, -0.05) is 23.7 Å². The highest BCUT2D eigenvalue weighted by Gasteiger charge is 2.40. The minimum Gasteiger partial charge on any atom is -0.285 e. The van der Waals surface area contributed by atoms with Gasteiger partial charge in [-0.15, -0.1) is 0 Å². The Bertz CT molecular complexity index is 1350.